The molecule has 2 aromatic carbocycles. The minimum absolute atomic E-state index is 0.827. The van der Waals surface area contributed by atoms with Crippen molar-refractivity contribution in [3.05, 3.63) is 57.6 Å². The molecular weight excluding hydrogens is 254 g/mol. The summed E-state index contributed by atoms with van der Waals surface area (Å²) in [5.74, 6) is 0. The number of aryl methyl sites for hydroxylation is 3. The van der Waals surface area contributed by atoms with Gasteiger partial charge in [-0.2, -0.15) is 0 Å². The Morgan fingerprint density at radius 3 is 2.26 bits per heavy atom. The molecule has 2 heteroatoms. The summed E-state index contributed by atoms with van der Waals surface area (Å²) >= 11 is 6.42. The van der Waals surface area contributed by atoms with Crippen LogP contribution in [0.3, 0.4) is 0 Å². The fourth-order valence-electron chi connectivity index (χ4n) is 2.26. The Morgan fingerprint density at radius 1 is 0.895 bits per heavy atom. The zero-order valence-electron chi connectivity index (χ0n) is 12.0. The Labute approximate surface area is 120 Å². The topological polar surface area (TPSA) is 12.0 Å². The lowest BCUT2D eigenvalue weighted by atomic mass is 9.95. The summed E-state index contributed by atoms with van der Waals surface area (Å²) in [7, 11) is 1.96. The molecule has 0 aromatic heterocycles. The molecule has 0 fully saturated rings. The molecule has 0 aliphatic carbocycles. The van der Waals surface area contributed by atoms with Gasteiger partial charge in [0.05, 0.1) is 0 Å². The van der Waals surface area contributed by atoms with E-state index in [1.807, 2.05) is 7.05 Å². The molecule has 0 spiro atoms. The molecule has 0 radical (unpaired) electrons. The van der Waals surface area contributed by atoms with Crippen LogP contribution < -0.4 is 5.32 Å². The molecule has 0 aliphatic rings. The predicted octanol–water partition coefficient (Wildman–Crippen LogP) is 4.65. The molecule has 0 unspecified atom stereocenters. The van der Waals surface area contributed by atoms with Crippen molar-refractivity contribution in [1.82, 2.24) is 5.32 Å². The van der Waals surface area contributed by atoms with Gasteiger partial charge in [-0.25, -0.2) is 0 Å². The smallest absolute Gasteiger partial charge is 0.0487 e. The molecule has 0 atom stereocenters. The van der Waals surface area contributed by atoms with E-state index in [1.165, 1.54) is 27.8 Å². The van der Waals surface area contributed by atoms with Gasteiger partial charge in [-0.3, -0.25) is 0 Å². The zero-order chi connectivity index (χ0) is 14.0. The van der Waals surface area contributed by atoms with Crippen molar-refractivity contribution in [2.24, 2.45) is 0 Å². The van der Waals surface area contributed by atoms with Crippen LogP contribution in [0, 0.1) is 20.8 Å². The standard InChI is InChI=1S/C17H20ClN/c1-11-5-6-14(10-19-4)9-15(11)16-7-12(2)13(3)8-17(16)18/h5-9,19H,10H2,1-4H3. The van der Waals surface area contributed by atoms with E-state index in [0.717, 1.165) is 17.1 Å². The van der Waals surface area contributed by atoms with E-state index >= 15 is 0 Å². The average Bonchev–Trinajstić information content (AvgIpc) is 2.37. The van der Waals surface area contributed by atoms with Crippen LogP contribution in [0.25, 0.3) is 11.1 Å². The summed E-state index contributed by atoms with van der Waals surface area (Å²) < 4.78 is 0. The van der Waals surface area contributed by atoms with E-state index in [4.69, 9.17) is 11.6 Å². The molecule has 0 heterocycles. The Kier molecular flexibility index (Phi) is 4.28. The van der Waals surface area contributed by atoms with Gasteiger partial charge in [0.2, 0.25) is 0 Å². The molecule has 2 aromatic rings. The second kappa shape index (κ2) is 5.77. The normalized spacial score (nSPS) is 10.8. The molecule has 100 valence electrons. The molecule has 0 bridgehead atoms. The summed E-state index contributed by atoms with van der Waals surface area (Å²) in [6.07, 6.45) is 0. The van der Waals surface area contributed by atoms with Gasteiger partial charge < -0.3 is 5.32 Å². The van der Waals surface area contributed by atoms with Crippen LogP contribution in [0.15, 0.2) is 30.3 Å². The van der Waals surface area contributed by atoms with E-state index in [-0.39, 0.29) is 0 Å². The third-order valence-corrected chi connectivity index (χ3v) is 3.87. The van der Waals surface area contributed by atoms with Crippen LogP contribution in [-0.4, -0.2) is 7.05 Å². The molecule has 19 heavy (non-hydrogen) atoms. The number of hydrogen-bond donors (Lipinski definition) is 1. The van der Waals surface area contributed by atoms with E-state index in [9.17, 15) is 0 Å². The maximum Gasteiger partial charge on any atom is 0.0487 e. The first-order valence-corrected chi connectivity index (χ1v) is 6.92. The van der Waals surface area contributed by atoms with Crippen molar-refractivity contribution in [2.75, 3.05) is 7.05 Å². The average molecular weight is 274 g/mol. The Morgan fingerprint density at radius 2 is 1.58 bits per heavy atom. The molecule has 1 nitrogen and oxygen atoms in total. The molecule has 0 saturated heterocycles. The summed E-state index contributed by atoms with van der Waals surface area (Å²) in [6, 6.07) is 10.8. The van der Waals surface area contributed by atoms with Gasteiger partial charge in [0, 0.05) is 17.1 Å². The summed E-state index contributed by atoms with van der Waals surface area (Å²) in [6.45, 7) is 7.22. The van der Waals surface area contributed by atoms with Crippen molar-refractivity contribution in [3.8, 4) is 11.1 Å². The van der Waals surface area contributed by atoms with Crippen LogP contribution in [0.1, 0.15) is 22.3 Å². The number of rotatable bonds is 3. The van der Waals surface area contributed by atoms with Gasteiger partial charge in [0.15, 0.2) is 0 Å². The van der Waals surface area contributed by atoms with Crippen molar-refractivity contribution in [2.45, 2.75) is 27.3 Å². The van der Waals surface area contributed by atoms with Gasteiger partial charge in [0.1, 0.15) is 0 Å². The lowest BCUT2D eigenvalue weighted by molar-refractivity contribution is 0.818. The van der Waals surface area contributed by atoms with Crippen LogP contribution in [0.5, 0.6) is 0 Å². The predicted molar refractivity (Wildman–Crippen MR) is 83.9 cm³/mol. The molecular formula is C17H20ClN. The van der Waals surface area contributed by atoms with Gasteiger partial charge in [-0.15, -0.1) is 0 Å². The fraction of sp³-hybridized carbons (Fsp3) is 0.294. The first-order valence-electron chi connectivity index (χ1n) is 6.54. The van der Waals surface area contributed by atoms with Crippen molar-refractivity contribution in [1.29, 1.82) is 0 Å². The summed E-state index contributed by atoms with van der Waals surface area (Å²) in [4.78, 5) is 0. The highest BCUT2D eigenvalue weighted by molar-refractivity contribution is 6.33. The minimum Gasteiger partial charge on any atom is -0.316 e. The fourth-order valence-corrected chi connectivity index (χ4v) is 2.58. The first-order chi connectivity index (χ1) is 9.02. The first kappa shape index (κ1) is 14.1. The number of nitrogens with one attached hydrogen (secondary N) is 1. The lowest BCUT2D eigenvalue weighted by Crippen LogP contribution is -2.05. The van der Waals surface area contributed by atoms with E-state index < -0.39 is 0 Å². The van der Waals surface area contributed by atoms with Crippen molar-refractivity contribution >= 4 is 11.6 Å². The SMILES string of the molecule is CNCc1ccc(C)c(-c2cc(C)c(C)cc2Cl)c1. The molecule has 2 rings (SSSR count). The Bertz CT molecular complexity index is 602. The Balaban J connectivity index is 2.57. The summed E-state index contributed by atoms with van der Waals surface area (Å²) in [5.41, 5.74) is 7.39. The largest absolute Gasteiger partial charge is 0.316 e. The van der Waals surface area contributed by atoms with E-state index in [0.29, 0.717) is 0 Å². The third kappa shape index (κ3) is 2.99. The highest BCUT2D eigenvalue weighted by atomic mass is 35.5. The second-order valence-corrected chi connectivity index (χ2v) is 5.50. The van der Waals surface area contributed by atoms with Crippen LogP contribution in [-0.2, 0) is 6.54 Å². The number of halogens is 1. The summed E-state index contributed by atoms with van der Waals surface area (Å²) in [5, 5.41) is 4.01. The molecule has 0 amide bonds. The monoisotopic (exact) mass is 273 g/mol. The van der Waals surface area contributed by atoms with Crippen LogP contribution >= 0.6 is 11.6 Å². The number of benzene rings is 2. The van der Waals surface area contributed by atoms with E-state index in [2.05, 4.69) is 56.4 Å². The minimum atomic E-state index is 0.827. The van der Waals surface area contributed by atoms with Gasteiger partial charge in [-0.05, 0) is 73.8 Å². The maximum absolute atomic E-state index is 6.42. The van der Waals surface area contributed by atoms with Gasteiger partial charge in [0.25, 0.3) is 0 Å². The second-order valence-electron chi connectivity index (χ2n) is 5.10. The van der Waals surface area contributed by atoms with Crippen molar-refractivity contribution < 1.29 is 0 Å². The van der Waals surface area contributed by atoms with Crippen LogP contribution in [0.2, 0.25) is 5.02 Å². The molecule has 1 N–H and O–H groups in total. The zero-order valence-corrected chi connectivity index (χ0v) is 12.7. The van der Waals surface area contributed by atoms with Gasteiger partial charge in [-0.1, -0.05) is 23.7 Å². The highest BCUT2D eigenvalue weighted by Gasteiger charge is 2.09. The molecule has 0 aliphatic heterocycles. The number of hydrogen-bond acceptors (Lipinski definition) is 1. The van der Waals surface area contributed by atoms with E-state index in [1.54, 1.807) is 0 Å². The van der Waals surface area contributed by atoms with Gasteiger partial charge >= 0.3 is 0 Å². The van der Waals surface area contributed by atoms with Crippen molar-refractivity contribution in [3.63, 3.8) is 0 Å². The molecule has 0 saturated carbocycles. The Hall–Kier alpha value is -1.31. The van der Waals surface area contributed by atoms with Crippen LogP contribution in [0.4, 0.5) is 0 Å². The third-order valence-electron chi connectivity index (χ3n) is 3.56. The quantitative estimate of drug-likeness (QED) is 0.858. The highest BCUT2D eigenvalue weighted by Crippen LogP contribution is 2.33. The maximum atomic E-state index is 6.42. The lowest BCUT2D eigenvalue weighted by Gasteiger charge is -2.13.